The summed E-state index contributed by atoms with van der Waals surface area (Å²) >= 11 is 1.61. The zero-order chi connectivity index (χ0) is 12.6. The standard InChI is InChI=1S/C14H13FOS/c1-8-6-11(15)4-5-12(8)14(16)13-7-9(2)17-10(13)3/h4-7H,1-3H3. The first-order chi connectivity index (χ1) is 7.99. The van der Waals surface area contributed by atoms with Crippen molar-refractivity contribution in [3.8, 4) is 0 Å². The minimum atomic E-state index is -0.308. The van der Waals surface area contributed by atoms with E-state index in [9.17, 15) is 9.18 Å². The summed E-state index contributed by atoms with van der Waals surface area (Å²) in [5.41, 5.74) is 1.98. The minimum absolute atomic E-state index is 0.0237. The lowest BCUT2D eigenvalue weighted by atomic mass is 9.99. The Morgan fingerprint density at radius 2 is 1.82 bits per heavy atom. The van der Waals surface area contributed by atoms with Gasteiger partial charge in [-0.05, 0) is 50.6 Å². The van der Waals surface area contributed by atoms with Crippen molar-refractivity contribution in [3.63, 3.8) is 0 Å². The molecule has 0 aliphatic carbocycles. The Morgan fingerprint density at radius 1 is 1.12 bits per heavy atom. The third-order valence-corrected chi connectivity index (χ3v) is 3.68. The average molecular weight is 248 g/mol. The molecule has 88 valence electrons. The van der Waals surface area contributed by atoms with Gasteiger partial charge in [0, 0.05) is 20.9 Å². The first-order valence-electron chi connectivity index (χ1n) is 5.37. The van der Waals surface area contributed by atoms with Gasteiger partial charge in [-0.2, -0.15) is 0 Å². The molecule has 0 unspecified atom stereocenters. The first kappa shape index (κ1) is 12.0. The molecule has 3 heteroatoms. The predicted octanol–water partition coefficient (Wildman–Crippen LogP) is 4.04. The lowest BCUT2D eigenvalue weighted by molar-refractivity contribution is 0.103. The van der Waals surface area contributed by atoms with E-state index in [1.807, 2.05) is 19.9 Å². The van der Waals surface area contributed by atoms with E-state index in [-0.39, 0.29) is 11.6 Å². The quantitative estimate of drug-likeness (QED) is 0.733. The topological polar surface area (TPSA) is 17.1 Å². The Balaban J connectivity index is 2.47. The summed E-state index contributed by atoms with van der Waals surface area (Å²) in [5.74, 6) is -0.332. The van der Waals surface area contributed by atoms with E-state index in [0.29, 0.717) is 11.1 Å². The highest BCUT2D eigenvalue weighted by molar-refractivity contribution is 7.12. The number of carbonyl (C=O) groups excluding carboxylic acids is 1. The number of carbonyl (C=O) groups is 1. The van der Waals surface area contributed by atoms with E-state index in [1.54, 1.807) is 24.3 Å². The number of thiophene rings is 1. The summed E-state index contributed by atoms with van der Waals surface area (Å²) in [5, 5.41) is 0. The summed E-state index contributed by atoms with van der Waals surface area (Å²) in [6, 6.07) is 6.17. The molecule has 0 N–H and O–H groups in total. The number of rotatable bonds is 2. The molecule has 1 heterocycles. The van der Waals surface area contributed by atoms with Crippen molar-refractivity contribution < 1.29 is 9.18 Å². The van der Waals surface area contributed by atoms with Crippen LogP contribution in [0.4, 0.5) is 4.39 Å². The molecular formula is C14H13FOS. The molecule has 0 fully saturated rings. The molecule has 0 aliphatic heterocycles. The molecule has 2 rings (SSSR count). The monoisotopic (exact) mass is 248 g/mol. The molecule has 0 radical (unpaired) electrons. The van der Waals surface area contributed by atoms with Crippen molar-refractivity contribution >= 4 is 17.1 Å². The van der Waals surface area contributed by atoms with Crippen LogP contribution in [0.15, 0.2) is 24.3 Å². The SMILES string of the molecule is Cc1cc(C(=O)c2ccc(F)cc2C)c(C)s1. The van der Waals surface area contributed by atoms with Gasteiger partial charge in [-0.3, -0.25) is 4.79 Å². The Labute approximate surface area is 104 Å². The van der Waals surface area contributed by atoms with Gasteiger partial charge >= 0.3 is 0 Å². The Morgan fingerprint density at radius 3 is 2.35 bits per heavy atom. The summed E-state index contributed by atoms with van der Waals surface area (Å²) in [6.07, 6.45) is 0. The zero-order valence-electron chi connectivity index (χ0n) is 10.0. The van der Waals surface area contributed by atoms with Gasteiger partial charge in [0.25, 0.3) is 0 Å². The lowest BCUT2D eigenvalue weighted by Crippen LogP contribution is -2.04. The van der Waals surface area contributed by atoms with Gasteiger partial charge in [0.1, 0.15) is 5.82 Å². The van der Waals surface area contributed by atoms with Crippen LogP contribution in [0.2, 0.25) is 0 Å². The highest BCUT2D eigenvalue weighted by Gasteiger charge is 2.16. The molecule has 2 aromatic rings. The third kappa shape index (κ3) is 2.29. The van der Waals surface area contributed by atoms with Crippen molar-refractivity contribution in [2.45, 2.75) is 20.8 Å². The summed E-state index contributed by atoms with van der Waals surface area (Å²) in [6.45, 7) is 5.67. The van der Waals surface area contributed by atoms with Crippen LogP contribution in [0.5, 0.6) is 0 Å². The van der Waals surface area contributed by atoms with Gasteiger partial charge in [0.2, 0.25) is 0 Å². The Bertz CT molecular complexity index is 584. The number of benzene rings is 1. The maximum Gasteiger partial charge on any atom is 0.194 e. The van der Waals surface area contributed by atoms with Crippen LogP contribution in [0.1, 0.15) is 31.2 Å². The van der Waals surface area contributed by atoms with E-state index in [1.165, 1.54) is 12.1 Å². The summed E-state index contributed by atoms with van der Waals surface area (Å²) in [4.78, 5) is 14.4. The van der Waals surface area contributed by atoms with Crippen molar-refractivity contribution in [2.24, 2.45) is 0 Å². The predicted molar refractivity (Wildman–Crippen MR) is 68.4 cm³/mol. The van der Waals surface area contributed by atoms with Gasteiger partial charge < -0.3 is 0 Å². The number of halogens is 1. The van der Waals surface area contributed by atoms with Crippen LogP contribution in [-0.2, 0) is 0 Å². The number of hydrogen-bond acceptors (Lipinski definition) is 2. The molecule has 0 amide bonds. The molecule has 0 bridgehead atoms. The number of ketones is 1. The third-order valence-electron chi connectivity index (χ3n) is 2.72. The molecule has 17 heavy (non-hydrogen) atoms. The van der Waals surface area contributed by atoms with Crippen molar-refractivity contribution in [2.75, 3.05) is 0 Å². The maximum atomic E-state index is 13.0. The van der Waals surface area contributed by atoms with Crippen LogP contribution in [0.25, 0.3) is 0 Å². The maximum absolute atomic E-state index is 13.0. The van der Waals surface area contributed by atoms with Gasteiger partial charge in [0.05, 0.1) is 0 Å². The van der Waals surface area contributed by atoms with Gasteiger partial charge in [-0.15, -0.1) is 11.3 Å². The Kier molecular flexibility index (Phi) is 3.11. The van der Waals surface area contributed by atoms with Crippen LogP contribution in [0, 0.1) is 26.6 Å². The zero-order valence-corrected chi connectivity index (χ0v) is 10.8. The Hall–Kier alpha value is -1.48. The van der Waals surface area contributed by atoms with E-state index in [4.69, 9.17) is 0 Å². The fourth-order valence-corrected chi connectivity index (χ4v) is 2.80. The summed E-state index contributed by atoms with van der Waals surface area (Å²) < 4.78 is 13.0. The molecule has 0 atom stereocenters. The fraction of sp³-hybridized carbons (Fsp3) is 0.214. The van der Waals surface area contributed by atoms with Crippen molar-refractivity contribution in [3.05, 3.63) is 56.5 Å². The molecule has 0 saturated carbocycles. The smallest absolute Gasteiger partial charge is 0.194 e. The second kappa shape index (κ2) is 4.41. The molecule has 1 aromatic carbocycles. The fourth-order valence-electron chi connectivity index (χ4n) is 1.88. The highest BCUT2D eigenvalue weighted by atomic mass is 32.1. The van der Waals surface area contributed by atoms with E-state index in [0.717, 1.165) is 15.3 Å². The van der Waals surface area contributed by atoms with Crippen LogP contribution in [-0.4, -0.2) is 5.78 Å². The molecule has 0 aliphatic rings. The normalized spacial score (nSPS) is 10.6. The molecule has 1 nitrogen and oxygen atoms in total. The summed E-state index contributed by atoms with van der Waals surface area (Å²) in [7, 11) is 0. The number of hydrogen-bond donors (Lipinski definition) is 0. The number of aryl methyl sites for hydroxylation is 3. The second-order valence-corrected chi connectivity index (χ2v) is 5.58. The minimum Gasteiger partial charge on any atom is -0.289 e. The van der Waals surface area contributed by atoms with E-state index >= 15 is 0 Å². The molecule has 0 saturated heterocycles. The van der Waals surface area contributed by atoms with Crippen molar-refractivity contribution in [1.82, 2.24) is 0 Å². The lowest BCUT2D eigenvalue weighted by Gasteiger charge is -2.04. The van der Waals surface area contributed by atoms with Gasteiger partial charge in [-0.1, -0.05) is 0 Å². The molecule has 0 spiro atoms. The highest BCUT2D eigenvalue weighted by Crippen LogP contribution is 2.24. The largest absolute Gasteiger partial charge is 0.289 e. The van der Waals surface area contributed by atoms with Crippen LogP contribution in [0.3, 0.4) is 0 Å². The molecule has 1 aromatic heterocycles. The first-order valence-corrected chi connectivity index (χ1v) is 6.18. The second-order valence-electron chi connectivity index (χ2n) is 4.12. The van der Waals surface area contributed by atoms with Gasteiger partial charge in [-0.25, -0.2) is 4.39 Å². The van der Waals surface area contributed by atoms with Crippen LogP contribution < -0.4 is 0 Å². The average Bonchev–Trinajstić information content (AvgIpc) is 2.57. The van der Waals surface area contributed by atoms with Crippen LogP contribution >= 0.6 is 11.3 Å². The van der Waals surface area contributed by atoms with E-state index in [2.05, 4.69) is 0 Å². The van der Waals surface area contributed by atoms with E-state index < -0.39 is 0 Å². The van der Waals surface area contributed by atoms with Crippen molar-refractivity contribution in [1.29, 1.82) is 0 Å². The van der Waals surface area contributed by atoms with Gasteiger partial charge in [0.15, 0.2) is 5.78 Å². The molecular weight excluding hydrogens is 235 g/mol.